The molecule has 2 rings (SSSR count). The number of ether oxygens (including phenoxy) is 2. The average Bonchev–Trinajstić information content (AvgIpc) is 2.26. The molecule has 0 radical (unpaired) electrons. The van der Waals surface area contributed by atoms with E-state index in [0.717, 1.165) is 17.6 Å². The van der Waals surface area contributed by atoms with Crippen LogP contribution in [0.3, 0.4) is 0 Å². The van der Waals surface area contributed by atoms with Gasteiger partial charge >= 0.3 is 0 Å². The van der Waals surface area contributed by atoms with Gasteiger partial charge in [-0.15, -0.1) is 0 Å². The van der Waals surface area contributed by atoms with E-state index in [4.69, 9.17) is 9.47 Å². The highest BCUT2D eigenvalue weighted by atomic mass is 16.5. The van der Waals surface area contributed by atoms with Gasteiger partial charge in [-0.3, -0.25) is 4.79 Å². The van der Waals surface area contributed by atoms with E-state index >= 15 is 0 Å². The lowest BCUT2D eigenvalue weighted by Crippen LogP contribution is -2.27. The second-order valence-electron chi connectivity index (χ2n) is 4.29. The third-order valence-corrected chi connectivity index (χ3v) is 2.53. The Morgan fingerprint density at radius 2 is 2.12 bits per heavy atom. The van der Waals surface area contributed by atoms with Crippen molar-refractivity contribution in [2.24, 2.45) is 0 Å². The molecule has 0 saturated heterocycles. The maximum atomic E-state index is 10.9. The standard InChI is InChI=1S/C13H14O3/c1-13(2)5-4-9-6-11(15-3)10(8-14)7-12(9)16-13/h4-8H,1-3H3. The molecule has 0 unspecified atom stereocenters. The zero-order valence-corrected chi connectivity index (χ0v) is 9.61. The van der Waals surface area contributed by atoms with Gasteiger partial charge in [0.2, 0.25) is 0 Å². The molecule has 0 aliphatic carbocycles. The van der Waals surface area contributed by atoms with Crippen LogP contribution >= 0.6 is 0 Å². The van der Waals surface area contributed by atoms with Crippen molar-refractivity contribution in [3.05, 3.63) is 29.3 Å². The second-order valence-corrected chi connectivity index (χ2v) is 4.29. The Hall–Kier alpha value is -1.77. The van der Waals surface area contributed by atoms with Gasteiger partial charge in [-0.1, -0.05) is 6.08 Å². The molecule has 1 aromatic carbocycles. The number of hydrogen-bond donors (Lipinski definition) is 0. The first kappa shape index (κ1) is 10.7. The summed E-state index contributed by atoms with van der Waals surface area (Å²) in [5, 5.41) is 0. The Kier molecular flexibility index (Phi) is 2.46. The summed E-state index contributed by atoms with van der Waals surface area (Å²) in [4.78, 5) is 10.9. The van der Waals surface area contributed by atoms with Crippen LogP contribution in [0.4, 0.5) is 0 Å². The van der Waals surface area contributed by atoms with Gasteiger partial charge in [-0.2, -0.15) is 0 Å². The minimum absolute atomic E-state index is 0.332. The molecule has 0 fully saturated rings. The predicted octanol–water partition coefficient (Wildman–Crippen LogP) is 2.69. The van der Waals surface area contributed by atoms with Crippen LogP contribution in [0.2, 0.25) is 0 Å². The number of carbonyl (C=O) groups is 1. The minimum Gasteiger partial charge on any atom is -0.496 e. The van der Waals surface area contributed by atoms with Crippen molar-refractivity contribution in [2.45, 2.75) is 19.4 Å². The van der Waals surface area contributed by atoms with Crippen LogP contribution in [0.1, 0.15) is 29.8 Å². The summed E-state index contributed by atoms with van der Waals surface area (Å²) in [5.41, 5.74) is 1.11. The molecule has 0 aromatic heterocycles. The Balaban J connectivity index is 2.53. The summed E-state index contributed by atoms with van der Waals surface area (Å²) in [6.45, 7) is 3.94. The zero-order chi connectivity index (χ0) is 11.8. The second kappa shape index (κ2) is 3.67. The fraction of sp³-hybridized carbons (Fsp3) is 0.308. The van der Waals surface area contributed by atoms with Gasteiger partial charge in [0.25, 0.3) is 0 Å². The van der Waals surface area contributed by atoms with E-state index in [1.807, 2.05) is 32.1 Å². The van der Waals surface area contributed by atoms with Gasteiger partial charge in [-0.05, 0) is 32.1 Å². The van der Waals surface area contributed by atoms with Crippen molar-refractivity contribution in [2.75, 3.05) is 7.11 Å². The van der Waals surface area contributed by atoms with Crippen LogP contribution in [-0.4, -0.2) is 19.0 Å². The molecule has 1 aromatic rings. The Labute approximate surface area is 94.7 Å². The van der Waals surface area contributed by atoms with Crippen LogP contribution < -0.4 is 9.47 Å². The quantitative estimate of drug-likeness (QED) is 0.716. The van der Waals surface area contributed by atoms with E-state index in [0.29, 0.717) is 11.3 Å². The number of aldehydes is 1. The van der Waals surface area contributed by atoms with Crippen molar-refractivity contribution in [3.8, 4) is 11.5 Å². The van der Waals surface area contributed by atoms with Gasteiger partial charge in [0.15, 0.2) is 6.29 Å². The summed E-state index contributed by atoms with van der Waals surface area (Å²) < 4.78 is 10.9. The topological polar surface area (TPSA) is 35.5 Å². The lowest BCUT2D eigenvalue weighted by atomic mass is 10.0. The van der Waals surface area contributed by atoms with Gasteiger partial charge in [0.1, 0.15) is 17.1 Å². The third-order valence-electron chi connectivity index (χ3n) is 2.53. The van der Waals surface area contributed by atoms with E-state index in [9.17, 15) is 4.79 Å². The molecule has 1 aliphatic heterocycles. The smallest absolute Gasteiger partial charge is 0.153 e. The lowest BCUT2D eigenvalue weighted by molar-refractivity contribution is 0.111. The summed E-state index contributed by atoms with van der Waals surface area (Å²) in [6.07, 6.45) is 4.74. The molecule has 0 spiro atoms. The summed E-state index contributed by atoms with van der Waals surface area (Å²) in [7, 11) is 1.55. The minimum atomic E-state index is -0.332. The zero-order valence-electron chi connectivity index (χ0n) is 9.61. The highest BCUT2D eigenvalue weighted by Crippen LogP contribution is 2.35. The first-order valence-electron chi connectivity index (χ1n) is 5.11. The van der Waals surface area contributed by atoms with Gasteiger partial charge in [-0.25, -0.2) is 0 Å². The van der Waals surface area contributed by atoms with E-state index < -0.39 is 0 Å². The first-order chi connectivity index (χ1) is 7.55. The monoisotopic (exact) mass is 218 g/mol. The largest absolute Gasteiger partial charge is 0.496 e. The SMILES string of the molecule is COc1cc2c(cc1C=O)OC(C)(C)C=C2. The Bertz CT molecular complexity index is 458. The highest BCUT2D eigenvalue weighted by molar-refractivity contribution is 5.82. The normalized spacial score (nSPS) is 16.2. The number of fused-ring (bicyclic) bond motifs is 1. The Morgan fingerprint density at radius 1 is 1.38 bits per heavy atom. The lowest BCUT2D eigenvalue weighted by Gasteiger charge is -2.28. The molecule has 1 aliphatic rings. The van der Waals surface area contributed by atoms with Crippen molar-refractivity contribution < 1.29 is 14.3 Å². The molecule has 0 bridgehead atoms. The number of hydrogen-bond acceptors (Lipinski definition) is 3. The van der Waals surface area contributed by atoms with Crippen molar-refractivity contribution >= 4 is 12.4 Å². The molecular formula is C13H14O3. The van der Waals surface area contributed by atoms with E-state index in [2.05, 4.69) is 0 Å². The van der Waals surface area contributed by atoms with Crippen molar-refractivity contribution in [3.63, 3.8) is 0 Å². The molecule has 0 amide bonds. The van der Waals surface area contributed by atoms with E-state index in [1.165, 1.54) is 0 Å². The van der Waals surface area contributed by atoms with Gasteiger partial charge in [0.05, 0.1) is 12.7 Å². The summed E-state index contributed by atoms with van der Waals surface area (Å²) >= 11 is 0. The van der Waals surface area contributed by atoms with Gasteiger partial charge < -0.3 is 9.47 Å². The fourth-order valence-corrected chi connectivity index (χ4v) is 1.69. The molecule has 3 nitrogen and oxygen atoms in total. The number of methoxy groups -OCH3 is 1. The van der Waals surface area contributed by atoms with Crippen LogP contribution in [0, 0.1) is 0 Å². The van der Waals surface area contributed by atoms with Gasteiger partial charge in [0, 0.05) is 5.56 Å². The summed E-state index contributed by atoms with van der Waals surface area (Å²) in [6, 6.07) is 3.53. The van der Waals surface area contributed by atoms with E-state index in [-0.39, 0.29) is 5.60 Å². The highest BCUT2D eigenvalue weighted by Gasteiger charge is 2.22. The fourth-order valence-electron chi connectivity index (χ4n) is 1.69. The van der Waals surface area contributed by atoms with Crippen LogP contribution in [0.25, 0.3) is 6.08 Å². The first-order valence-corrected chi connectivity index (χ1v) is 5.11. The summed E-state index contributed by atoms with van der Waals surface area (Å²) in [5.74, 6) is 1.29. The van der Waals surface area contributed by atoms with Crippen molar-refractivity contribution in [1.29, 1.82) is 0 Å². The molecule has 1 heterocycles. The molecule has 0 N–H and O–H groups in total. The maximum Gasteiger partial charge on any atom is 0.153 e. The molecular weight excluding hydrogens is 204 g/mol. The molecule has 84 valence electrons. The molecule has 16 heavy (non-hydrogen) atoms. The number of carbonyl (C=O) groups excluding carboxylic acids is 1. The number of rotatable bonds is 2. The molecule has 0 atom stereocenters. The molecule has 3 heteroatoms. The van der Waals surface area contributed by atoms with Crippen LogP contribution in [-0.2, 0) is 0 Å². The van der Waals surface area contributed by atoms with Crippen molar-refractivity contribution in [1.82, 2.24) is 0 Å². The van der Waals surface area contributed by atoms with E-state index in [1.54, 1.807) is 13.2 Å². The van der Waals surface area contributed by atoms with Crippen LogP contribution in [0.15, 0.2) is 18.2 Å². The third kappa shape index (κ3) is 1.81. The molecule has 0 saturated carbocycles. The number of benzene rings is 1. The predicted molar refractivity (Wildman–Crippen MR) is 62.1 cm³/mol. The Morgan fingerprint density at radius 3 is 2.75 bits per heavy atom. The average molecular weight is 218 g/mol. The maximum absolute atomic E-state index is 10.9. The van der Waals surface area contributed by atoms with Crippen LogP contribution in [0.5, 0.6) is 11.5 Å².